The second-order valence-electron chi connectivity index (χ2n) is 15.5. The first-order valence-electron chi connectivity index (χ1n) is 16.2. The molecule has 4 aliphatic carbocycles. The first-order chi connectivity index (χ1) is 19.3. The van der Waals surface area contributed by atoms with Gasteiger partial charge in [0.1, 0.15) is 22.8 Å². The van der Waals surface area contributed by atoms with E-state index in [0.29, 0.717) is 10.8 Å². The molecule has 2 spiro atoms. The Morgan fingerprint density at radius 3 is 1.49 bits per heavy atom. The molecule has 1 amide bonds. The monoisotopic (exact) mass is 632 g/mol. The summed E-state index contributed by atoms with van der Waals surface area (Å²) in [5.41, 5.74) is 4.23. The minimum atomic E-state index is -1.32. The van der Waals surface area contributed by atoms with Crippen molar-refractivity contribution in [3.05, 3.63) is 0 Å². The normalized spacial score (nSPS) is 23.1. The number of carbonyl (C=O) groups excluding carboxylic acids is 2. The number of carbonyl (C=O) groups is 3. The topological polar surface area (TPSA) is 148 Å². The Kier molecular flexibility index (Phi) is 14.8. The average molecular weight is 633 g/mol. The van der Waals surface area contributed by atoms with Crippen molar-refractivity contribution in [1.82, 2.24) is 5.32 Å². The average Bonchev–Trinajstić information content (AvgIpc) is 3.51. The van der Waals surface area contributed by atoms with E-state index in [-0.39, 0.29) is 30.6 Å². The van der Waals surface area contributed by atoms with Crippen LogP contribution in [0.4, 0.5) is 4.79 Å². The summed E-state index contributed by atoms with van der Waals surface area (Å²) in [7, 11) is 0. The van der Waals surface area contributed by atoms with Crippen LogP contribution in [0.15, 0.2) is 0 Å². The number of aliphatic carboxylic acids is 1. The zero-order valence-corrected chi connectivity index (χ0v) is 28.7. The second kappa shape index (κ2) is 16.1. The summed E-state index contributed by atoms with van der Waals surface area (Å²) >= 11 is 0. The SMILES string of the molecule is CC(C)(C)OC(=O)NC(C)(C)C(=O)O.CC(C)(N)C(=O)OC1CCC2(CCCC2)CC1.Cl.OC1CCC2(CCCC2)CC1. The highest BCUT2D eigenvalue weighted by molar-refractivity contribution is 5.85. The largest absolute Gasteiger partial charge is 0.480 e. The van der Waals surface area contributed by atoms with Crippen LogP contribution in [0.5, 0.6) is 0 Å². The molecule has 10 heteroatoms. The third-order valence-corrected chi connectivity index (χ3v) is 9.49. The van der Waals surface area contributed by atoms with Crippen molar-refractivity contribution in [2.45, 2.75) is 180 Å². The van der Waals surface area contributed by atoms with Crippen molar-refractivity contribution >= 4 is 30.4 Å². The molecule has 252 valence electrons. The Labute approximate surface area is 266 Å². The number of amides is 1. The summed E-state index contributed by atoms with van der Waals surface area (Å²) in [6, 6.07) is 0. The molecule has 0 radical (unpaired) electrons. The van der Waals surface area contributed by atoms with Crippen LogP contribution in [0, 0.1) is 10.8 Å². The van der Waals surface area contributed by atoms with Crippen LogP contribution < -0.4 is 11.1 Å². The van der Waals surface area contributed by atoms with Gasteiger partial charge in [-0.1, -0.05) is 25.7 Å². The zero-order chi connectivity index (χ0) is 31.8. The van der Waals surface area contributed by atoms with Gasteiger partial charge in [-0.2, -0.15) is 0 Å². The van der Waals surface area contributed by atoms with Gasteiger partial charge in [0.15, 0.2) is 0 Å². The fourth-order valence-electron chi connectivity index (χ4n) is 6.70. The van der Waals surface area contributed by atoms with Crippen LogP contribution in [0.25, 0.3) is 0 Å². The molecule has 0 heterocycles. The number of nitrogens with one attached hydrogen (secondary N) is 1. The standard InChI is InChI=1S/C14H25NO2.C10H18O.C9H17NO4.ClH/c1-13(2,15)12(16)17-11-5-9-14(10-6-11)7-3-4-8-14;11-9-3-7-10(8-4-9)5-1-2-6-10;1-8(2,3)14-7(13)10-9(4,5)6(11)12;/h11H,3-10,15H2,1-2H3;9,11H,1-8H2;1-5H3,(H,10,13)(H,11,12);1H. The van der Waals surface area contributed by atoms with Crippen molar-refractivity contribution in [3.63, 3.8) is 0 Å². The zero-order valence-electron chi connectivity index (χ0n) is 27.9. The van der Waals surface area contributed by atoms with E-state index in [1.54, 1.807) is 34.6 Å². The van der Waals surface area contributed by atoms with Crippen LogP contribution in [0.2, 0.25) is 0 Å². The molecule has 4 saturated carbocycles. The lowest BCUT2D eigenvalue weighted by Crippen LogP contribution is -2.51. The van der Waals surface area contributed by atoms with E-state index in [2.05, 4.69) is 5.32 Å². The summed E-state index contributed by atoms with van der Waals surface area (Å²) in [5, 5.41) is 20.3. The summed E-state index contributed by atoms with van der Waals surface area (Å²) < 4.78 is 10.4. The molecule has 43 heavy (non-hydrogen) atoms. The first-order valence-corrected chi connectivity index (χ1v) is 16.2. The highest BCUT2D eigenvalue weighted by atomic mass is 35.5. The van der Waals surface area contributed by atoms with Gasteiger partial charge in [0.2, 0.25) is 0 Å². The first kappa shape index (κ1) is 39.4. The molecule has 4 fully saturated rings. The molecule has 0 saturated heterocycles. The third kappa shape index (κ3) is 13.5. The molecule has 5 N–H and O–H groups in total. The van der Waals surface area contributed by atoms with E-state index in [9.17, 15) is 19.5 Å². The lowest BCUT2D eigenvalue weighted by Gasteiger charge is -2.37. The Morgan fingerprint density at radius 2 is 1.14 bits per heavy atom. The van der Waals surface area contributed by atoms with Gasteiger partial charge in [-0.25, -0.2) is 9.59 Å². The molecule has 4 rings (SSSR count). The number of carboxylic acid groups (broad SMARTS) is 1. The Bertz CT molecular complexity index is 878. The van der Waals surface area contributed by atoms with Gasteiger partial charge >= 0.3 is 18.0 Å². The predicted molar refractivity (Wildman–Crippen MR) is 171 cm³/mol. The fourth-order valence-corrected chi connectivity index (χ4v) is 6.70. The molecule has 0 aromatic carbocycles. The number of hydrogen-bond acceptors (Lipinski definition) is 7. The Balaban J connectivity index is 0.000000326. The van der Waals surface area contributed by atoms with E-state index in [1.165, 1.54) is 90.9 Å². The number of rotatable bonds is 4. The molecular formula is C33H61ClN2O7. The van der Waals surface area contributed by atoms with Gasteiger partial charge in [0, 0.05) is 0 Å². The number of ether oxygens (including phenoxy) is 2. The number of nitrogens with two attached hydrogens (primary N) is 1. The minimum Gasteiger partial charge on any atom is -0.480 e. The van der Waals surface area contributed by atoms with Crippen molar-refractivity contribution in [3.8, 4) is 0 Å². The van der Waals surface area contributed by atoms with Gasteiger partial charge in [-0.05, 0) is 136 Å². The number of esters is 1. The van der Waals surface area contributed by atoms with Crippen molar-refractivity contribution in [2.75, 3.05) is 0 Å². The lowest BCUT2D eigenvalue weighted by atomic mass is 9.72. The fraction of sp³-hybridized carbons (Fsp3) is 0.909. The van der Waals surface area contributed by atoms with Crippen LogP contribution in [0.1, 0.15) is 151 Å². The molecule has 0 aromatic rings. The Hall–Kier alpha value is -1.58. The molecule has 0 atom stereocenters. The van der Waals surface area contributed by atoms with Crippen LogP contribution in [-0.4, -0.2) is 57.1 Å². The van der Waals surface area contributed by atoms with E-state index in [0.717, 1.165) is 25.7 Å². The van der Waals surface area contributed by atoms with Crippen molar-refractivity contribution < 1.29 is 34.1 Å². The number of hydrogen-bond donors (Lipinski definition) is 4. The molecule has 0 unspecified atom stereocenters. The maximum Gasteiger partial charge on any atom is 0.408 e. The van der Waals surface area contributed by atoms with E-state index >= 15 is 0 Å². The van der Waals surface area contributed by atoms with Crippen molar-refractivity contribution in [2.24, 2.45) is 16.6 Å². The summed E-state index contributed by atoms with van der Waals surface area (Å²) in [4.78, 5) is 33.5. The molecule has 0 bridgehead atoms. The van der Waals surface area contributed by atoms with E-state index in [1.807, 2.05) is 0 Å². The second-order valence-corrected chi connectivity index (χ2v) is 15.5. The third-order valence-electron chi connectivity index (χ3n) is 9.49. The smallest absolute Gasteiger partial charge is 0.408 e. The Morgan fingerprint density at radius 1 is 0.744 bits per heavy atom. The number of aliphatic hydroxyl groups excluding tert-OH is 1. The highest BCUT2D eigenvalue weighted by Crippen LogP contribution is 2.50. The number of aliphatic hydroxyl groups is 1. The van der Waals surface area contributed by atoms with Crippen LogP contribution in [0.3, 0.4) is 0 Å². The van der Waals surface area contributed by atoms with Gasteiger partial charge < -0.3 is 30.7 Å². The van der Waals surface area contributed by atoms with Gasteiger partial charge in [-0.3, -0.25) is 4.79 Å². The predicted octanol–water partition coefficient (Wildman–Crippen LogP) is 7.05. The number of halogens is 1. The number of carboxylic acids is 1. The molecule has 0 aromatic heterocycles. The highest BCUT2D eigenvalue weighted by Gasteiger charge is 2.39. The van der Waals surface area contributed by atoms with Gasteiger partial charge in [-0.15, -0.1) is 12.4 Å². The van der Waals surface area contributed by atoms with E-state index < -0.39 is 28.7 Å². The molecule has 0 aliphatic heterocycles. The van der Waals surface area contributed by atoms with Gasteiger partial charge in [0.25, 0.3) is 0 Å². The number of alkyl carbamates (subject to hydrolysis) is 1. The maximum absolute atomic E-state index is 11.7. The maximum atomic E-state index is 11.7. The van der Waals surface area contributed by atoms with Gasteiger partial charge in [0.05, 0.1) is 6.10 Å². The molecule has 4 aliphatic rings. The molecular weight excluding hydrogens is 572 g/mol. The molecule has 9 nitrogen and oxygen atoms in total. The summed E-state index contributed by atoms with van der Waals surface area (Å²) in [6.45, 7) is 11.3. The summed E-state index contributed by atoms with van der Waals surface area (Å²) in [5.74, 6) is -1.37. The summed E-state index contributed by atoms with van der Waals surface area (Å²) in [6.07, 6.45) is 20.0. The lowest BCUT2D eigenvalue weighted by molar-refractivity contribution is -0.157. The minimum absolute atomic E-state index is 0. The quantitative estimate of drug-likeness (QED) is 0.241. The van der Waals surface area contributed by atoms with Crippen LogP contribution >= 0.6 is 12.4 Å². The van der Waals surface area contributed by atoms with Crippen LogP contribution in [-0.2, 0) is 19.1 Å². The van der Waals surface area contributed by atoms with Crippen molar-refractivity contribution in [1.29, 1.82) is 0 Å². The van der Waals surface area contributed by atoms with E-state index in [4.69, 9.17) is 20.3 Å².